The zero-order chi connectivity index (χ0) is 26.1. The molecule has 3 aromatic carbocycles. The fraction of sp³-hybridized carbons (Fsp3) is 0.364. The van der Waals surface area contributed by atoms with Gasteiger partial charge in [0.2, 0.25) is 6.79 Å². The zero-order valence-corrected chi connectivity index (χ0v) is 22.7. The molecule has 6 rings (SSSR count). The molecule has 0 bridgehead atoms. The van der Waals surface area contributed by atoms with Crippen LogP contribution in [0.3, 0.4) is 0 Å². The number of hydrogen-bond donors (Lipinski definition) is 0. The summed E-state index contributed by atoms with van der Waals surface area (Å²) in [5.41, 5.74) is 8.86. The number of benzene rings is 3. The van der Waals surface area contributed by atoms with Crippen molar-refractivity contribution in [3.05, 3.63) is 89.1 Å². The molecular weight excluding hydrogens is 470 g/mol. The summed E-state index contributed by atoms with van der Waals surface area (Å²) in [6, 6.07) is 24.2. The number of piperidine rings is 1. The van der Waals surface area contributed by atoms with Crippen LogP contribution < -0.4 is 9.47 Å². The van der Waals surface area contributed by atoms with Crippen LogP contribution in [0.4, 0.5) is 0 Å². The van der Waals surface area contributed by atoms with Crippen LogP contribution in [0.1, 0.15) is 61.5 Å². The maximum absolute atomic E-state index is 5.72. The number of aromatic nitrogens is 2. The van der Waals surface area contributed by atoms with Crippen molar-refractivity contribution < 1.29 is 9.47 Å². The first-order valence-corrected chi connectivity index (χ1v) is 14.0. The van der Waals surface area contributed by atoms with Crippen molar-refractivity contribution in [2.45, 2.75) is 58.5 Å². The Morgan fingerprint density at radius 1 is 0.868 bits per heavy atom. The molecule has 4 aromatic rings. The maximum atomic E-state index is 5.72. The fourth-order valence-corrected chi connectivity index (χ4v) is 6.16. The van der Waals surface area contributed by atoms with E-state index in [0.717, 1.165) is 55.4 Å². The second kappa shape index (κ2) is 10.7. The van der Waals surface area contributed by atoms with Gasteiger partial charge in [0.25, 0.3) is 0 Å². The molecule has 5 heteroatoms. The lowest BCUT2D eigenvalue weighted by Gasteiger charge is -2.36. The van der Waals surface area contributed by atoms with E-state index in [-0.39, 0.29) is 0 Å². The molecule has 2 aliphatic heterocycles. The number of likely N-dealkylation sites (tertiary alicyclic amines) is 1. The van der Waals surface area contributed by atoms with Crippen molar-refractivity contribution in [2.75, 3.05) is 13.3 Å². The van der Waals surface area contributed by atoms with E-state index < -0.39 is 0 Å². The van der Waals surface area contributed by atoms with E-state index >= 15 is 0 Å². The number of ether oxygens (including phenoxy) is 2. The standard InChI is InChI=1S/C33H37N3O2/c1-4-23-14-11-15-24(5-2)31(23)33-34-32(25-12-7-6-8-13-25)28(35(33)3)21-36-19-10-9-16-27(36)26-17-18-29-30(20-26)38-22-37-29/h6-8,11-15,17-18,20,27H,4-5,9-10,16,19,21-22H2,1-3H3. The summed E-state index contributed by atoms with van der Waals surface area (Å²) in [5.74, 6) is 2.79. The SMILES string of the molecule is CCc1cccc(CC)c1-c1nc(-c2ccccc2)c(CN2CCCCC2c2ccc3c(c2)OCO3)n1C. The zero-order valence-electron chi connectivity index (χ0n) is 22.7. The number of imidazole rings is 1. The van der Waals surface area contributed by atoms with E-state index in [0.29, 0.717) is 12.8 Å². The molecule has 0 spiro atoms. The van der Waals surface area contributed by atoms with E-state index in [2.05, 4.69) is 97.1 Å². The average Bonchev–Trinajstić information content (AvgIpc) is 3.57. The highest BCUT2D eigenvalue weighted by atomic mass is 16.7. The molecule has 1 aromatic heterocycles. The highest BCUT2D eigenvalue weighted by Gasteiger charge is 2.29. The van der Waals surface area contributed by atoms with Crippen molar-refractivity contribution in [3.63, 3.8) is 0 Å². The molecule has 1 saturated heterocycles. The molecule has 2 aliphatic rings. The van der Waals surface area contributed by atoms with Gasteiger partial charge in [0.1, 0.15) is 5.82 Å². The van der Waals surface area contributed by atoms with E-state index in [9.17, 15) is 0 Å². The van der Waals surface area contributed by atoms with Gasteiger partial charge in [0.05, 0.1) is 11.4 Å². The third-order valence-corrected chi connectivity index (χ3v) is 8.23. The van der Waals surface area contributed by atoms with Crippen LogP contribution in [0.2, 0.25) is 0 Å². The number of fused-ring (bicyclic) bond motifs is 1. The number of hydrogen-bond acceptors (Lipinski definition) is 4. The Labute approximate surface area is 226 Å². The Morgan fingerprint density at radius 2 is 1.63 bits per heavy atom. The summed E-state index contributed by atoms with van der Waals surface area (Å²) >= 11 is 0. The Hall–Kier alpha value is -3.57. The van der Waals surface area contributed by atoms with Gasteiger partial charge < -0.3 is 14.0 Å². The number of aryl methyl sites for hydroxylation is 2. The highest BCUT2D eigenvalue weighted by molar-refractivity contribution is 5.72. The van der Waals surface area contributed by atoms with Gasteiger partial charge in [0, 0.05) is 30.8 Å². The van der Waals surface area contributed by atoms with Gasteiger partial charge in [-0.2, -0.15) is 0 Å². The lowest BCUT2D eigenvalue weighted by molar-refractivity contribution is 0.137. The van der Waals surface area contributed by atoms with Crippen LogP contribution in [0, 0.1) is 0 Å². The third kappa shape index (κ3) is 4.49. The molecule has 5 nitrogen and oxygen atoms in total. The van der Waals surface area contributed by atoms with Crippen LogP contribution in [0.25, 0.3) is 22.6 Å². The van der Waals surface area contributed by atoms with Crippen LogP contribution >= 0.6 is 0 Å². The molecule has 196 valence electrons. The average molecular weight is 508 g/mol. The van der Waals surface area contributed by atoms with E-state index in [1.54, 1.807) is 0 Å². The van der Waals surface area contributed by atoms with Gasteiger partial charge in [-0.1, -0.05) is 74.9 Å². The van der Waals surface area contributed by atoms with Crippen LogP contribution in [-0.2, 0) is 26.4 Å². The molecule has 3 heterocycles. The first-order chi connectivity index (χ1) is 18.7. The van der Waals surface area contributed by atoms with Crippen LogP contribution in [0.15, 0.2) is 66.7 Å². The minimum absolute atomic E-state index is 0.310. The minimum atomic E-state index is 0.310. The van der Waals surface area contributed by atoms with Gasteiger partial charge in [-0.25, -0.2) is 4.98 Å². The van der Waals surface area contributed by atoms with Crippen LogP contribution in [0.5, 0.6) is 11.5 Å². The lowest BCUT2D eigenvalue weighted by atomic mass is 9.94. The quantitative estimate of drug-likeness (QED) is 0.262. The Balaban J connectivity index is 1.44. The molecule has 0 aliphatic carbocycles. The molecule has 38 heavy (non-hydrogen) atoms. The first kappa shape index (κ1) is 24.7. The highest BCUT2D eigenvalue weighted by Crippen LogP contribution is 2.40. The summed E-state index contributed by atoms with van der Waals surface area (Å²) in [7, 11) is 2.20. The van der Waals surface area contributed by atoms with Gasteiger partial charge in [0.15, 0.2) is 11.5 Å². The van der Waals surface area contributed by atoms with Crippen molar-refractivity contribution in [2.24, 2.45) is 7.05 Å². The van der Waals surface area contributed by atoms with Crippen LogP contribution in [-0.4, -0.2) is 27.8 Å². The molecule has 1 unspecified atom stereocenters. The first-order valence-electron chi connectivity index (χ1n) is 14.0. The van der Waals surface area contributed by atoms with E-state index in [4.69, 9.17) is 14.5 Å². The summed E-state index contributed by atoms with van der Waals surface area (Å²) in [5, 5.41) is 0. The van der Waals surface area contributed by atoms with E-state index in [1.165, 1.54) is 46.4 Å². The molecule has 0 radical (unpaired) electrons. The summed E-state index contributed by atoms with van der Waals surface area (Å²) < 4.78 is 13.7. The molecule has 0 amide bonds. The van der Waals surface area contributed by atoms with Gasteiger partial charge >= 0.3 is 0 Å². The van der Waals surface area contributed by atoms with Crippen molar-refractivity contribution in [3.8, 4) is 34.1 Å². The maximum Gasteiger partial charge on any atom is 0.231 e. The monoisotopic (exact) mass is 507 g/mol. The fourth-order valence-electron chi connectivity index (χ4n) is 6.16. The normalized spacial score (nSPS) is 17.2. The van der Waals surface area contributed by atoms with Crippen molar-refractivity contribution in [1.82, 2.24) is 14.5 Å². The summed E-state index contributed by atoms with van der Waals surface area (Å²) in [4.78, 5) is 8.02. The predicted octanol–water partition coefficient (Wildman–Crippen LogP) is 7.33. The van der Waals surface area contributed by atoms with Crippen molar-refractivity contribution in [1.29, 1.82) is 0 Å². The van der Waals surface area contributed by atoms with Gasteiger partial charge in [-0.3, -0.25) is 4.90 Å². The van der Waals surface area contributed by atoms with Gasteiger partial charge in [-0.05, 0) is 61.1 Å². The second-order valence-electron chi connectivity index (χ2n) is 10.4. The third-order valence-electron chi connectivity index (χ3n) is 8.23. The molecule has 0 N–H and O–H groups in total. The smallest absolute Gasteiger partial charge is 0.231 e. The molecule has 1 fully saturated rings. The number of rotatable bonds is 7. The molecular formula is C33H37N3O2. The van der Waals surface area contributed by atoms with Crippen molar-refractivity contribution >= 4 is 0 Å². The summed E-state index contributed by atoms with van der Waals surface area (Å²) in [6.07, 6.45) is 5.57. The Bertz CT molecular complexity index is 1400. The predicted molar refractivity (Wildman–Crippen MR) is 152 cm³/mol. The Morgan fingerprint density at radius 3 is 2.39 bits per heavy atom. The topological polar surface area (TPSA) is 39.5 Å². The number of nitrogens with zero attached hydrogens (tertiary/aromatic N) is 3. The largest absolute Gasteiger partial charge is 0.454 e. The Kier molecular flexibility index (Phi) is 6.94. The summed E-state index contributed by atoms with van der Waals surface area (Å²) in [6.45, 7) is 6.71. The minimum Gasteiger partial charge on any atom is -0.454 e. The van der Waals surface area contributed by atoms with Gasteiger partial charge in [-0.15, -0.1) is 0 Å². The lowest BCUT2D eigenvalue weighted by Crippen LogP contribution is -2.33. The second-order valence-corrected chi connectivity index (χ2v) is 10.4. The molecule has 1 atom stereocenters. The van der Waals surface area contributed by atoms with E-state index in [1.807, 2.05) is 0 Å². The molecule has 0 saturated carbocycles.